The van der Waals surface area contributed by atoms with Crippen LogP contribution >= 0.6 is 11.6 Å². The van der Waals surface area contributed by atoms with E-state index in [2.05, 4.69) is 98.2 Å². The zero-order valence-electron chi connectivity index (χ0n) is 28.5. The van der Waals surface area contributed by atoms with Gasteiger partial charge in [-0.3, -0.25) is 4.99 Å². The van der Waals surface area contributed by atoms with Crippen LogP contribution in [0.4, 0.5) is 11.5 Å². The Morgan fingerprint density at radius 1 is 1.11 bits per heavy atom. The highest BCUT2D eigenvalue weighted by Gasteiger charge is 2.31. The molecule has 1 aliphatic carbocycles. The molecule has 1 aliphatic rings. The van der Waals surface area contributed by atoms with Crippen molar-refractivity contribution >= 4 is 35.5 Å². The average molecular weight is 641 g/mol. The second-order valence-corrected chi connectivity index (χ2v) is 13.2. The second-order valence-electron chi connectivity index (χ2n) is 12.8. The Hall–Kier alpha value is -4.17. The van der Waals surface area contributed by atoms with Crippen LogP contribution in [0.1, 0.15) is 77.1 Å². The van der Waals surface area contributed by atoms with E-state index in [4.69, 9.17) is 27.4 Å². The zero-order valence-corrected chi connectivity index (χ0v) is 29.2. The number of anilines is 2. The minimum absolute atomic E-state index is 0.265. The van der Waals surface area contributed by atoms with E-state index in [1.54, 1.807) is 0 Å². The fraction of sp³-hybridized carbons (Fsp3) is 0.405. The van der Waals surface area contributed by atoms with Gasteiger partial charge in [-0.05, 0) is 88.8 Å². The smallest absolute Gasteiger partial charge is 0.195 e. The van der Waals surface area contributed by atoms with Crippen LogP contribution in [0.3, 0.4) is 0 Å². The van der Waals surface area contributed by atoms with Gasteiger partial charge in [-0.25, -0.2) is 4.68 Å². The molecule has 1 heterocycles. The molecule has 9 heteroatoms. The molecule has 1 unspecified atom stereocenters. The summed E-state index contributed by atoms with van der Waals surface area (Å²) in [5.41, 5.74) is 13.8. The van der Waals surface area contributed by atoms with Crippen LogP contribution in [-0.2, 0) is 19.5 Å². The third-order valence-electron chi connectivity index (χ3n) is 8.27. The first-order valence-corrected chi connectivity index (χ1v) is 16.4. The van der Waals surface area contributed by atoms with Crippen LogP contribution in [0.5, 0.6) is 0 Å². The molecule has 3 aromatic rings. The quantitative estimate of drug-likeness (QED) is 0.154. The second kappa shape index (κ2) is 14.9. The molecular formula is C37H49ClN8. The molecule has 0 saturated heterocycles. The van der Waals surface area contributed by atoms with Gasteiger partial charge in [0.05, 0.1) is 23.5 Å². The monoisotopic (exact) mass is 640 g/mol. The van der Waals surface area contributed by atoms with Crippen molar-refractivity contribution in [2.75, 3.05) is 16.8 Å². The number of likely N-dealkylation sites (N-methyl/N-ethyl adjacent to an activating group) is 1. The maximum absolute atomic E-state index is 6.68. The van der Waals surface area contributed by atoms with Crippen LogP contribution in [0.2, 0.25) is 5.02 Å². The lowest BCUT2D eigenvalue weighted by Gasteiger charge is -2.39. The van der Waals surface area contributed by atoms with E-state index < -0.39 is 0 Å². The number of aliphatic imine (C=N–C) groups is 1. The maximum atomic E-state index is 6.68. The Bertz CT molecular complexity index is 1650. The summed E-state index contributed by atoms with van der Waals surface area (Å²) in [7, 11) is 2.04. The summed E-state index contributed by atoms with van der Waals surface area (Å²) >= 11 is 6.35. The number of hydrogen-bond acceptors (Lipinski definition) is 7. The standard InChI is InChI=1S/C37H49ClN8/c1-10-26-13-15-27(16-14-26)24-45(37(5,6)7)32-23-33(43-46(12-3)36(32)42-40-8)44(9)35(28-17-19-29(38)20-18-28)34(25(4)39)31(11-2)41-30-21-22-30/h11,13-20,23,30,35H,2,8,10,12,21-22,24,39H2,1,3-7,9H3/b34-25?,41-31?,42-36-. The molecular weight excluding hydrogens is 592 g/mol. The molecule has 0 aliphatic heterocycles. The van der Waals surface area contributed by atoms with Gasteiger partial charge in [0.15, 0.2) is 11.3 Å². The Kier molecular flexibility index (Phi) is 11.3. The summed E-state index contributed by atoms with van der Waals surface area (Å²) in [6.45, 7) is 21.8. The number of rotatable bonds is 13. The number of aromatic nitrogens is 2. The Morgan fingerprint density at radius 2 is 1.74 bits per heavy atom. The van der Waals surface area contributed by atoms with Gasteiger partial charge in [-0.2, -0.15) is 10.2 Å². The highest BCUT2D eigenvalue weighted by Crippen LogP contribution is 2.36. The first-order chi connectivity index (χ1) is 21.9. The fourth-order valence-electron chi connectivity index (χ4n) is 5.58. The van der Waals surface area contributed by atoms with Gasteiger partial charge in [0, 0.05) is 54.8 Å². The van der Waals surface area contributed by atoms with Gasteiger partial charge in [0.25, 0.3) is 0 Å². The zero-order chi connectivity index (χ0) is 33.6. The summed E-state index contributed by atoms with van der Waals surface area (Å²) in [5.74, 6) is 0.740. The SMILES string of the molecule is C=CC(=NC1CC1)C(=C(C)N)C(c1ccc(Cl)cc1)N(C)c1cc(N(Cc2ccc(CC)cc2)C(C)(C)C)/c(=N/N=C)n(CC)n1. The summed E-state index contributed by atoms with van der Waals surface area (Å²) in [6, 6.07) is 18.7. The topological polar surface area (TPSA) is 87.4 Å². The van der Waals surface area contributed by atoms with E-state index in [9.17, 15) is 0 Å². The first kappa shape index (κ1) is 34.7. The third-order valence-corrected chi connectivity index (χ3v) is 8.52. The van der Waals surface area contributed by atoms with E-state index >= 15 is 0 Å². The van der Waals surface area contributed by atoms with Crippen LogP contribution in [0.25, 0.3) is 0 Å². The Balaban J connectivity index is 1.95. The highest BCUT2D eigenvalue weighted by molar-refractivity contribution is 6.30. The van der Waals surface area contributed by atoms with Gasteiger partial charge in [0.1, 0.15) is 0 Å². The normalized spacial score (nSPS) is 15.3. The molecule has 0 spiro atoms. The number of allylic oxidation sites excluding steroid dienone is 2. The first-order valence-electron chi connectivity index (χ1n) is 16.0. The molecule has 46 heavy (non-hydrogen) atoms. The van der Waals surface area contributed by atoms with Crippen molar-refractivity contribution in [1.29, 1.82) is 0 Å². The van der Waals surface area contributed by atoms with E-state index in [-0.39, 0.29) is 11.6 Å². The van der Waals surface area contributed by atoms with Crippen molar-refractivity contribution in [3.8, 4) is 0 Å². The summed E-state index contributed by atoms with van der Waals surface area (Å²) in [4.78, 5) is 9.52. The minimum atomic E-state index is -0.326. The lowest BCUT2D eigenvalue weighted by molar-refractivity contribution is 0.490. The summed E-state index contributed by atoms with van der Waals surface area (Å²) in [5, 5.41) is 14.3. The molecule has 2 aromatic carbocycles. The lowest BCUT2D eigenvalue weighted by Crippen LogP contribution is -2.45. The van der Waals surface area contributed by atoms with Crippen molar-refractivity contribution in [2.24, 2.45) is 20.9 Å². The number of halogens is 1. The van der Waals surface area contributed by atoms with Crippen molar-refractivity contribution in [2.45, 2.75) is 91.5 Å². The molecule has 1 saturated carbocycles. The molecule has 1 atom stereocenters. The van der Waals surface area contributed by atoms with Gasteiger partial charge in [-0.15, -0.1) is 5.10 Å². The van der Waals surface area contributed by atoms with Gasteiger partial charge < -0.3 is 15.5 Å². The van der Waals surface area contributed by atoms with E-state index in [1.807, 2.05) is 49.0 Å². The minimum Gasteiger partial charge on any atom is -0.402 e. The van der Waals surface area contributed by atoms with Gasteiger partial charge >= 0.3 is 0 Å². The predicted molar refractivity (Wildman–Crippen MR) is 195 cm³/mol. The van der Waals surface area contributed by atoms with Gasteiger partial charge in [-0.1, -0.05) is 61.5 Å². The number of nitrogens with zero attached hydrogens (tertiary/aromatic N) is 7. The van der Waals surface area contributed by atoms with Crippen molar-refractivity contribution in [3.63, 3.8) is 0 Å². The molecule has 0 amide bonds. The average Bonchev–Trinajstić information content (AvgIpc) is 3.86. The molecule has 8 nitrogen and oxygen atoms in total. The van der Waals surface area contributed by atoms with Crippen molar-refractivity contribution in [1.82, 2.24) is 9.78 Å². The summed E-state index contributed by atoms with van der Waals surface area (Å²) in [6.07, 6.45) is 4.96. The molecule has 1 aromatic heterocycles. The fourth-order valence-corrected chi connectivity index (χ4v) is 5.70. The number of nitrogens with two attached hydrogens (primary N) is 1. The highest BCUT2D eigenvalue weighted by atomic mass is 35.5. The van der Waals surface area contributed by atoms with Crippen molar-refractivity contribution < 1.29 is 0 Å². The molecule has 244 valence electrons. The summed E-state index contributed by atoms with van der Waals surface area (Å²) < 4.78 is 1.89. The van der Waals surface area contributed by atoms with Gasteiger partial charge in [0.2, 0.25) is 0 Å². The van der Waals surface area contributed by atoms with Crippen LogP contribution in [-0.4, -0.2) is 40.8 Å². The molecule has 0 bridgehead atoms. The number of hydrogen-bond donors (Lipinski definition) is 1. The molecule has 0 radical (unpaired) electrons. The maximum Gasteiger partial charge on any atom is 0.195 e. The molecule has 2 N–H and O–H groups in total. The predicted octanol–water partition coefficient (Wildman–Crippen LogP) is 7.64. The largest absolute Gasteiger partial charge is 0.402 e. The number of aryl methyl sites for hydroxylation is 2. The molecule has 1 fully saturated rings. The van der Waals surface area contributed by atoms with E-state index in [0.717, 1.165) is 47.6 Å². The lowest BCUT2D eigenvalue weighted by atomic mass is 9.92. The molecule has 4 rings (SSSR count). The van der Waals surface area contributed by atoms with Crippen LogP contribution < -0.4 is 21.0 Å². The van der Waals surface area contributed by atoms with E-state index in [0.29, 0.717) is 35.3 Å². The number of benzene rings is 2. The third kappa shape index (κ3) is 8.15. The van der Waals surface area contributed by atoms with E-state index in [1.165, 1.54) is 11.1 Å². The van der Waals surface area contributed by atoms with Crippen LogP contribution in [0, 0.1) is 0 Å². The van der Waals surface area contributed by atoms with Crippen molar-refractivity contribution in [3.05, 3.63) is 106 Å². The van der Waals surface area contributed by atoms with Crippen LogP contribution in [0.15, 0.2) is 93.7 Å². The Morgan fingerprint density at radius 3 is 2.24 bits per heavy atom. The Labute approximate surface area is 279 Å².